The van der Waals surface area contributed by atoms with E-state index in [0.717, 1.165) is 11.8 Å². The number of methoxy groups -OCH3 is 1. The number of hydrogen-bond donors (Lipinski definition) is 2. The van der Waals surface area contributed by atoms with Gasteiger partial charge in [0, 0.05) is 34.9 Å². The molecule has 2 rings (SSSR count). The molecule has 0 aromatic heterocycles. The zero-order valence-corrected chi connectivity index (χ0v) is 20.1. The van der Waals surface area contributed by atoms with E-state index in [1.165, 1.54) is 13.2 Å². The Morgan fingerprint density at radius 2 is 1.88 bits per heavy atom. The number of nitrogens with one attached hydrogen (secondary N) is 1. The summed E-state index contributed by atoms with van der Waals surface area (Å²) in [5.74, 6) is -0.697. The Kier molecular flexibility index (Phi) is 9.16. The highest BCUT2D eigenvalue weighted by Gasteiger charge is 2.37. The van der Waals surface area contributed by atoms with Gasteiger partial charge in [0.2, 0.25) is 0 Å². The molecule has 0 saturated heterocycles. The third kappa shape index (κ3) is 6.63. The molecule has 0 unspecified atom stereocenters. The minimum absolute atomic E-state index is 0.264. The van der Waals surface area contributed by atoms with Crippen molar-refractivity contribution in [2.24, 2.45) is 0 Å². The van der Waals surface area contributed by atoms with Crippen LogP contribution < -0.4 is 9.64 Å². The number of alkyl halides is 3. The maximum absolute atomic E-state index is 12.9. The molecule has 2 aromatic rings. The third-order valence-electron chi connectivity index (χ3n) is 4.99. The smallest absolute Gasteiger partial charge is 0.433 e. The molecule has 0 atom stereocenters. The maximum Gasteiger partial charge on any atom is 0.433 e. The van der Waals surface area contributed by atoms with E-state index in [2.05, 4.69) is 15.9 Å². The van der Waals surface area contributed by atoms with Crippen LogP contribution in [0.3, 0.4) is 0 Å². The summed E-state index contributed by atoms with van der Waals surface area (Å²) in [6.07, 6.45) is -3.34. The highest BCUT2D eigenvalue weighted by Crippen LogP contribution is 2.36. The van der Waals surface area contributed by atoms with Crippen molar-refractivity contribution in [3.05, 3.63) is 51.5 Å². The average molecular weight is 531 g/mol. The molecule has 0 bridgehead atoms. The van der Waals surface area contributed by atoms with Gasteiger partial charge >= 0.3 is 12.1 Å². The number of anilines is 1. The van der Waals surface area contributed by atoms with Crippen LogP contribution in [0.4, 0.5) is 18.9 Å². The van der Waals surface area contributed by atoms with Crippen LogP contribution in [0.5, 0.6) is 11.5 Å². The predicted molar refractivity (Wildman–Crippen MR) is 124 cm³/mol. The van der Waals surface area contributed by atoms with Gasteiger partial charge < -0.3 is 19.5 Å². The Hall–Kier alpha value is -2.75. The summed E-state index contributed by atoms with van der Waals surface area (Å²) >= 11 is 3.37. The lowest BCUT2D eigenvalue weighted by atomic mass is 10.00. The fourth-order valence-corrected chi connectivity index (χ4v) is 3.76. The first-order valence-electron chi connectivity index (χ1n) is 10.2. The quantitative estimate of drug-likeness (QED) is 0.233. The van der Waals surface area contributed by atoms with E-state index in [-0.39, 0.29) is 12.2 Å². The molecule has 2 N–H and O–H groups in total. The van der Waals surface area contributed by atoms with Crippen LogP contribution in [0.1, 0.15) is 41.3 Å². The van der Waals surface area contributed by atoms with Crippen molar-refractivity contribution in [1.82, 2.24) is 0 Å². The summed E-state index contributed by atoms with van der Waals surface area (Å²) < 4.78 is 49.8. The normalized spacial score (nSPS) is 11.2. The van der Waals surface area contributed by atoms with Crippen LogP contribution in [0.2, 0.25) is 0 Å². The summed E-state index contributed by atoms with van der Waals surface area (Å²) in [5, 5.41) is 17.7. The van der Waals surface area contributed by atoms with Crippen LogP contribution in [-0.2, 0) is 11.2 Å². The largest absolute Gasteiger partial charge is 0.507 e. The maximum atomic E-state index is 12.9. The first-order chi connectivity index (χ1) is 15.5. The highest BCUT2D eigenvalue weighted by molar-refractivity contribution is 9.10. The van der Waals surface area contributed by atoms with Crippen molar-refractivity contribution >= 4 is 33.3 Å². The minimum Gasteiger partial charge on any atom is -0.507 e. The monoisotopic (exact) mass is 530 g/mol. The molecule has 0 aliphatic heterocycles. The molecule has 0 aliphatic rings. The molecule has 0 saturated carbocycles. The zero-order chi connectivity index (χ0) is 24.8. The highest BCUT2D eigenvalue weighted by atomic mass is 79.9. The van der Waals surface area contributed by atoms with Gasteiger partial charge in [-0.2, -0.15) is 13.2 Å². The van der Waals surface area contributed by atoms with Crippen molar-refractivity contribution in [3.8, 4) is 11.5 Å². The topological polar surface area (TPSA) is 82.8 Å². The molecule has 6 nitrogen and oxygen atoms in total. The first kappa shape index (κ1) is 26.5. The summed E-state index contributed by atoms with van der Waals surface area (Å²) in [6, 6.07) is 7.69. The first-order valence-corrected chi connectivity index (χ1v) is 11.0. The summed E-state index contributed by atoms with van der Waals surface area (Å²) in [6.45, 7) is 2.72. The number of aromatic hydroxyl groups is 1. The fourth-order valence-electron chi connectivity index (χ4n) is 3.23. The van der Waals surface area contributed by atoms with Crippen molar-refractivity contribution in [1.29, 1.82) is 5.41 Å². The van der Waals surface area contributed by atoms with Gasteiger partial charge in [0.05, 0.1) is 19.3 Å². The van der Waals surface area contributed by atoms with Crippen LogP contribution in [0.15, 0.2) is 34.8 Å². The number of phenolic OH excluding ortho intramolecular Hbond substituents is 1. The van der Waals surface area contributed by atoms with Gasteiger partial charge in [0.15, 0.2) is 0 Å². The Morgan fingerprint density at radius 3 is 2.45 bits per heavy atom. The van der Waals surface area contributed by atoms with Gasteiger partial charge in [-0.15, -0.1) is 0 Å². The van der Waals surface area contributed by atoms with Crippen molar-refractivity contribution in [2.45, 2.75) is 32.4 Å². The number of halogens is 4. The third-order valence-corrected chi connectivity index (χ3v) is 5.64. The van der Waals surface area contributed by atoms with Gasteiger partial charge in [0.25, 0.3) is 0 Å². The lowest BCUT2D eigenvalue weighted by Gasteiger charge is -2.21. The molecular weight excluding hydrogens is 505 g/mol. The van der Waals surface area contributed by atoms with E-state index in [0.29, 0.717) is 41.6 Å². The number of hydrogen-bond acceptors (Lipinski definition) is 6. The van der Waals surface area contributed by atoms with Crippen molar-refractivity contribution in [2.75, 3.05) is 32.2 Å². The number of phenols is 1. The van der Waals surface area contributed by atoms with E-state index in [1.54, 1.807) is 18.2 Å². The lowest BCUT2D eigenvalue weighted by molar-refractivity contribution is -0.0588. The second-order valence-corrected chi connectivity index (χ2v) is 8.19. The number of nitrogens with zero attached hydrogens (tertiary/aromatic N) is 1. The van der Waals surface area contributed by atoms with Gasteiger partial charge in [-0.1, -0.05) is 13.3 Å². The number of ether oxygens (including phenoxy) is 2. The molecule has 33 heavy (non-hydrogen) atoms. The Labute approximate surface area is 198 Å². The van der Waals surface area contributed by atoms with E-state index in [1.807, 2.05) is 18.9 Å². The van der Waals surface area contributed by atoms with Gasteiger partial charge in [-0.05, 0) is 59.1 Å². The molecule has 0 fully saturated rings. The molecule has 0 aliphatic carbocycles. The van der Waals surface area contributed by atoms with Crippen LogP contribution in [-0.4, -0.2) is 50.3 Å². The van der Waals surface area contributed by atoms with Crippen LogP contribution in [0.25, 0.3) is 0 Å². The summed E-state index contributed by atoms with van der Waals surface area (Å²) in [7, 11) is 3.19. The Balaban J connectivity index is 2.04. The molecule has 180 valence electrons. The molecule has 0 heterocycles. The van der Waals surface area contributed by atoms with Gasteiger partial charge in [-0.3, -0.25) is 5.41 Å². The number of esters is 1. The number of rotatable bonds is 10. The lowest BCUT2D eigenvalue weighted by Crippen LogP contribution is -2.23. The van der Waals surface area contributed by atoms with Crippen molar-refractivity contribution in [3.63, 3.8) is 0 Å². The van der Waals surface area contributed by atoms with E-state index < -0.39 is 29.2 Å². The average Bonchev–Trinajstić information content (AvgIpc) is 2.77. The number of carbonyl (C=O) groups excluding carboxylic acids is 1. The zero-order valence-electron chi connectivity index (χ0n) is 18.6. The number of carbonyl (C=O) groups is 1. The molecule has 10 heteroatoms. The molecular formula is C23H26BrF3N2O4. The second kappa shape index (κ2) is 11.4. The summed E-state index contributed by atoms with van der Waals surface area (Å²) in [5.41, 5.74) is -0.592. The fraction of sp³-hybridized carbons (Fsp3) is 0.391. The van der Waals surface area contributed by atoms with E-state index in [9.17, 15) is 23.1 Å². The van der Waals surface area contributed by atoms with E-state index in [4.69, 9.17) is 14.9 Å². The van der Waals surface area contributed by atoms with Crippen molar-refractivity contribution < 1.29 is 32.5 Å². The summed E-state index contributed by atoms with van der Waals surface area (Å²) in [4.78, 5) is 13.7. The predicted octanol–water partition coefficient (Wildman–Crippen LogP) is 5.73. The number of benzene rings is 2. The van der Waals surface area contributed by atoms with E-state index >= 15 is 0 Å². The molecule has 0 radical (unpaired) electrons. The van der Waals surface area contributed by atoms with Gasteiger partial charge in [0.1, 0.15) is 17.2 Å². The molecule has 0 spiro atoms. The SMILES string of the molecule is CCCc1c(OCCCN(C)c2ccc(C(=O)OC)c(Br)c2)ccc(C(=N)C(F)(F)F)c1O. The van der Waals surface area contributed by atoms with Crippen LogP contribution in [0, 0.1) is 5.41 Å². The standard InChI is InChI=1S/C23H26BrF3N2O4/c1-4-6-16-19(10-9-17(20(16)30)21(28)23(25,26)27)33-12-5-11-29(2)14-7-8-15(18(24)13-14)22(31)32-3/h7-10,13,28,30H,4-6,11-12H2,1-3H3. The Bertz CT molecular complexity index is 1010. The van der Waals surface area contributed by atoms with Crippen LogP contribution >= 0.6 is 15.9 Å². The molecule has 2 aromatic carbocycles. The minimum atomic E-state index is -4.85. The Morgan fingerprint density at radius 1 is 1.21 bits per heavy atom. The van der Waals surface area contributed by atoms with Gasteiger partial charge in [-0.25, -0.2) is 4.79 Å². The molecule has 0 amide bonds. The second-order valence-electron chi connectivity index (χ2n) is 7.34.